The predicted molar refractivity (Wildman–Crippen MR) is 117 cm³/mol. The van der Waals surface area contributed by atoms with E-state index >= 15 is 0 Å². The number of nitrogens with zero attached hydrogens (tertiary/aromatic N) is 3. The van der Waals surface area contributed by atoms with Crippen LogP contribution in [0.3, 0.4) is 0 Å². The van der Waals surface area contributed by atoms with Crippen LogP contribution in [0.1, 0.15) is 18.4 Å². The van der Waals surface area contributed by atoms with Gasteiger partial charge in [0.15, 0.2) is 5.82 Å². The van der Waals surface area contributed by atoms with Crippen LogP contribution in [-0.4, -0.2) is 29.0 Å². The standard InChI is InChI=1S/C23H22ClFN4O/c1-15-4-9-19(13-20(15)24)27-23(30)17-3-2-12-29(14-17)21-10-11-26-22(28-21)16-5-7-18(25)8-6-16/h4-11,13,17H,2-3,12,14H2,1H3,(H,27,30)/t17-/m1/s1. The Balaban J connectivity index is 1.47. The van der Waals surface area contributed by atoms with Gasteiger partial charge >= 0.3 is 0 Å². The van der Waals surface area contributed by atoms with E-state index in [4.69, 9.17) is 11.6 Å². The van der Waals surface area contributed by atoms with E-state index in [1.165, 1.54) is 12.1 Å². The molecule has 1 atom stereocenters. The van der Waals surface area contributed by atoms with Crippen molar-refractivity contribution in [2.45, 2.75) is 19.8 Å². The number of anilines is 2. The van der Waals surface area contributed by atoms with E-state index in [0.29, 0.717) is 23.1 Å². The van der Waals surface area contributed by atoms with Gasteiger partial charge in [0.2, 0.25) is 5.91 Å². The van der Waals surface area contributed by atoms with Crippen molar-refractivity contribution in [3.05, 3.63) is 71.1 Å². The molecule has 7 heteroatoms. The number of nitrogens with one attached hydrogen (secondary N) is 1. The Morgan fingerprint density at radius 2 is 2.00 bits per heavy atom. The summed E-state index contributed by atoms with van der Waals surface area (Å²) < 4.78 is 13.2. The van der Waals surface area contributed by atoms with Crippen LogP contribution in [0.25, 0.3) is 11.4 Å². The molecule has 1 aromatic heterocycles. The smallest absolute Gasteiger partial charge is 0.229 e. The Morgan fingerprint density at radius 1 is 1.20 bits per heavy atom. The molecule has 1 N–H and O–H groups in total. The highest BCUT2D eigenvalue weighted by molar-refractivity contribution is 6.31. The second-order valence-electron chi connectivity index (χ2n) is 7.48. The topological polar surface area (TPSA) is 58.1 Å². The molecule has 1 aliphatic rings. The maximum Gasteiger partial charge on any atom is 0.229 e. The number of benzene rings is 2. The van der Waals surface area contributed by atoms with E-state index in [-0.39, 0.29) is 17.6 Å². The lowest BCUT2D eigenvalue weighted by atomic mass is 9.97. The zero-order valence-corrected chi connectivity index (χ0v) is 17.4. The first-order valence-corrected chi connectivity index (χ1v) is 10.3. The lowest BCUT2D eigenvalue weighted by Crippen LogP contribution is -2.41. The van der Waals surface area contributed by atoms with Crippen LogP contribution in [0, 0.1) is 18.7 Å². The molecular weight excluding hydrogens is 403 g/mol. The van der Waals surface area contributed by atoms with Crippen LogP contribution in [0.15, 0.2) is 54.7 Å². The van der Waals surface area contributed by atoms with Crippen LogP contribution >= 0.6 is 11.6 Å². The minimum atomic E-state index is -0.297. The average Bonchev–Trinajstić information content (AvgIpc) is 2.77. The highest BCUT2D eigenvalue weighted by Gasteiger charge is 2.27. The number of hydrogen-bond acceptors (Lipinski definition) is 4. The largest absolute Gasteiger partial charge is 0.356 e. The van der Waals surface area contributed by atoms with Crippen LogP contribution in [0.2, 0.25) is 5.02 Å². The Labute approximate surface area is 179 Å². The molecule has 0 radical (unpaired) electrons. The van der Waals surface area contributed by atoms with Crippen molar-refractivity contribution in [2.24, 2.45) is 5.92 Å². The molecule has 0 saturated carbocycles. The second kappa shape index (κ2) is 8.79. The van der Waals surface area contributed by atoms with Crippen molar-refractivity contribution in [3.8, 4) is 11.4 Å². The summed E-state index contributed by atoms with van der Waals surface area (Å²) in [6.45, 7) is 3.32. The van der Waals surface area contributed by atoms with E-state index in [2.05, 4.69) is 20.2 Å². The summed E-state index contributed by atoms with van der Waals surface area (Å²) in [4.78, 5) is 23.9. The number of rotatable bonds is 4. The van der Waals surface area contributed by atoms with Gasteiger partial charge in [-0.3, -0.25) is 4.79 Å². The van der Waals surface area contributed by atoms with E-state index < -0.39 is 0 Å². The van der Waals surface area contributed by atoms with Crippen molar-refractivity contribution >= 4 is 29.0 Å². The van der Waals surface area contributed by atoms with Gasteiger partial charge in [0.05, 0.1) is 5.92 Å². The van der Waals surface area contributed by atoms with E-state index in [1.807, 2.05) is 25.1 Å². The van der Waals surface area contributed by atoms with Crippen molar-refractivity contribution in [3.63, 3.8) is 0 Å². The lowest BCUT2D eigenvalue weighted by Gasteiger charge is -2.33. The molecule has 1 amide bonds. The number of amides is 1. The summed E-state index contributed by atoms with van der Waals surface area (Å²) in [6, 6.07) is 13.5. The summed E-state index contributed by atoms with van der Waals surface area (Å²) in [5.41, 5.74) is 2.42. The molecule has 0 bridgehead atoms. The van der Waals surface area contributed by atoms with Crippen LogP contribution in [-0.2, 0) is 4.79 Å². The first-order chi connectivity index (χ1) is 14.5. The molecule has 1 saturated heterocycles. The molecule has 30 heavy (non-hydrogen) atoms. The molecule has 0 spiro atoms. The zero-order chi connectivity index (χ0) is 21.1. The fourth-order valence-corrected chi connectivity index (χ4v) is 3.76. The number of halogens is 2. The molecule has 2 heterocycles. The number of hydrogen-bond donors (Lipinski definition) is 1. The number of carbonyl (C=O) groups excluding carboxylic acids is 1. The molecule has 1 fully saturated rings. The van der Waals surface area contributed by atoms with Gasteiger partial charge in [-0.2, -0.15) is 0 Å². The lowest BCUT2D eigenvalue weighted by molar-refractivity contribution is -0.120. The second-order valence-corrected chi connectivity index (χ2v) is 7.89. The van der Waals surface area contributed by atoms with Crippen molar-refractivity contribution in [1.82, 2.24) is 9.97 Å². The maximum atomic E-state index is 13.2. The average molecular weight is 425 g/mol. The highest BCUT2D eigenvalue weighted by atomic mass is 35.5. The summed E-state index contributed by atoms with van der Waals surface area (Å²) in [5.74, 6) is 0.832. The Bertz CT molecular complexity index is 1060. The van der Waals surface area contributed by atoms with Crippen molar-refractivity contribution < 1.29 is 9.18 Å². The highest BCUT2D eigenvalue weighted by Crippen LogP contribution is 2.26. The number of aromatic nitrogens is 2. The normalized spacial score (nSPS) is 16.4. The first-order valence-electron chi connectivity index (χ1n) is 9.90. The molecular formula is C23H22ClFN4O. The summed E-state index contributed by atoms with van der Waals surface area (Å²) >= 11 is 6.17. The van der Waals surface area contributed by atoms with Crippen LogP contribution < -0.4 is 10.2 Å². The molecule has 154 valence electrons. The molecule has 5 nitrogen and oxygen atoms in total. The Hall–Kier alpha value is -2.99. The third-order valence-electron chi connectivity index (χ3n) is 5.30. The molecule has 0 aliphatic carbocycles. The van der Waals surface area contributed by atoms with E-state index in [0.717, 1.165) is 36.3 Å². The summed E-state index contributed by atoms with van der Waals surface area (Å²) in [7, 11) is 0. The molecule has 0 unspecified atom stereocenters. The monoisotopic (exact) mass is 424 g/mol. The zero-order valence-electron chi connectivity index (χ0n) is 16.6. The number of carbonyl (C=O) groups is 1. The van der Waals surface area contributed by atoms with Crippen molar-refractivity contribution in [2.75, 3.05) is 23.3 Å². The van der Waals surface area contributed by atoms with Gasteiger partial charge in [-0.05, 0) is 67.8 Å². The Kier molecular flexibility index (Phi) is 5.95. The predicted octanol–water partition coefficient (Wildman–Crippen LogP) is 5.10. The van der Waals surface area contributed by atoms with Gasteiger partial charge < -0.3 is 10.2 Å². The van der Waals surface area contributed by atoms with E-state index in [9.17, 15) is 9.18 Å². The van der Waals surface area contributed by atoms with Gasteiger partial charge in [-0.25, -0.2) is 14.4 Å². The SMILES string of the molecule is Cc1ccc(NC(=O)[C@@H]2CCCN(c3ccnc(-c4ccc(F)cc4)n3)C2)cc1Cl. The molecule has 1 aliphatic heterocycles. The molecule has 2 aromatic carbocycles. The fourth-order valence-electron chi connectivity index (χ4n) is 3.58. The minimum absolute atomic E-state index is 0.0209. The number of aryl methyl sites for hydroxylation is 1. The summed E-state index contributed by atoms with van der Waals surface area (Å²) in [6.07, 6.45) is 3.40. The third-order valence-corrected chi connectivity index (χ3v) is 5.71. The van der Waals surface area contributed by atoms with Gasteiger partial charge in [-0.1, -0.05) is 17.7 Å². The van der Waals surface area contributed by atoms with Gasteiger partial charge in [0.25, 0.3) is 0 Å². The number of piperidine rings is 1. The molecule has 4 rings (SSSR count). The third kappa shape index (κ3) is 4.60. The van der Waals surface area contributed by atoms with Gasteiger partial charge in [-0.15, -0.1) is 0 Å². The minimum Gasteiger partial charge on any atom is -0.356 e. The maximum absolute atomic E-state index is 13.2. The summed E-state index contributed by atoms with van der Waals surface area (Å²) in [5, 5.41) is 3.61. The first kappa shape index (κ1) is 20.3. The molecule has 3 aromatic rings. The van der Waals surface area contributed by atoms with Gasteiger partial charge in [0, 0.05) is 35.6 Å². The van der Waals surface area contributed by atoms with Crippen LogP contribution in [0.4, 0.5) is 15.9 Å². The fraction of sp³-hybridized carbons (Fsp3) is 0.261. The Morgan fingerprint density at radius 3 is 2.77 bits per heavy atom. The van der Waals surface area contributed by atoms with E-state index in [1.54, 1.807) is 24.4 Å². The van der Waals surface area contributed by atoms with Crippen molar-refractivity contribution in [1.29, 1.82) is 0 Å². The quantitative estimate of drug-likeness (QED) is 0.633. The van der Waals surface area contributed by atoms with Crippen LogP contribution in [0.5, 0.6) is 0 Å². The van der Waals surface area contributed by atoms with Gasteiger partial charge in [0.1, 0.15) is 11.6 Å².